The number of rotatable bonds is 5. The Bertz CT molecular complexity index is 1210. The number of nitrogens with zero attached hydrogens (tertiary/aromatic N) is 3. The Kier molecular flexibility index (Phi) is 6.39. The van der Waals surface area contributed by atoms with Gasteiger partial charge in [-0.2, -0.15) is 0 Å². The highest BCUT2D eigenvalue weighted by Gasteiger charge is 2.31. The first kappa shape index (κ1) is 22.6. The van der Waals surface area contributed by atoms with Crippen LogP contribution in [-0.2, 0) is 9.47 Å². The number of hydrogen-bond donors (Lipinski definition) is 1. The van der Waals surface area contributed by atoms with Crippen LogP contribution in [0.4, 0.5) is 11.5 Å². The van der Waals surface area contributed by atoms with Crippen LogP contribution in [0.5, 0.6) is 0 Å². The summed E-state index contributed by atoms with van der Waals surface area (Å²) in [5, 5.41) is 1.01. The molecule has 2 aliphatic heterocycles. The van der Waals surface area contributed by atoms with Crippen molar-refractivity contribution in [2.24, 2.45) is 0 Å². The third-order valence-corrected chi connectivity index (χ3v) is 6.96. The highest BCUT2D eigenvalue weighted by Crippen LogP contribution is 2.34. The number of ether oxygens (including phenoxy) is 2. The molecule has 3 aromatic rings. The van der Waals surface area contributed by atoms with Crippen molar-refractivity contribution in [1.82, 2.24) is 9.88 Å². The molecular formula is C27H32N4O3. The minimum absolute atomic E-state index is 0.0720. The topological polar surface area (TPSA) is 80.9 Å². The van der Waals surface area contributed by atoms with Crippen molar-refractivity contribution >= 4 is 28.3 Å². The van der Waals surface area contributed by atoms with Gasteiger partial charge in [-0.3, -0.25) is 4.79 Å². The highest BCUT2D eigenvalue weighted by atomic mass is 16.5. The zero-order chi connectivity index (χ0) is 23.7. The van der Waals surface area contributed by atoms with Gasteiger partial charge in [0.05, 0.1) is 37.1 Å². The number of nitrogens with two attached hydrogens (primary N) is 1. The molecule has 0 aliphatic carbocycles. The van der Waals surface area contributed by atoms with Crippen LogP contribution in [0, 0.1) is 6.92 Å². The molecule has 1 aromatic heterocycles. The molecule has 1 unspecified atom stereocenters. The summed E-state index contributed by atoms with van der Waals surface area (Å²) in [5.74, 6) is 0.606. The number of carbonyl (C=O) groups is 1. The van der Waals surface area contributed by atoms with E-state index in [4.69, 9.17) is 15.2 Å². The predicted molar refractivity (Wildman–Crippen MR) is 135 cm³/mol. The monoisotopic (exact) mass is 460 g/mol. The van der Waals surface area contributed by atoms with Gasteiger partial charge in [-0.25, -0.2) is 4.98 Å². The third-order valence-electron chi connectivity index (χ3n) is 6.96. The Morgan fingerprint density at radius 1 is 1.18 bits per heavy atom. The summed E-state index contributed by atoms with van der Waals surface area (Å²) in [6, 6.07) is 14.4. The lowest BCUT2D eigenvalue weighted by Gasteiger charge is -2.29. The van der Waals surface area contributed by atoms with Crippen LogP contribution in [0.3, 0.4) is 0 Å². The van der Waals surface area contributed by atoms with Crippen LogP contribution in [0.15, 0.2) is 42.5 Å². The van der Waals surface area contributed by atoms with Gasteiger partial charge < -0.3 is 25.0 Å². The first-order chi connectivity index (χ1) is 16.6. The maximum Gasteiger partial charge on any atom is 0.254 e. The van der Waals surface area contributed by atoms with Crippen molar-refractivity contribution in [3.8, 4) is 11.1 Å². The summed E-state index contributed by atoms with van der Waals surface area (Å²) in [4.78, 5) is 22.5. The fraction of sp³-hybridized carbons (Fsp3) is 0.407. The number of morpholine rings is 1. The molecule has 0 spiro atoms. The number of benzene rings is 2. The molecule has 178 valence electrons. The number of aromatic nitrogens is 1. The Morgan fingerprint density at radius 2 is 2.00 bits per heavy atom. The second kappa shape index (κ2) is 9.60. The van der Waals surface area contributed by atoms with E-state index in [0.717, 1.165) is 71.3 Å². The number of methoxy groups -OCH3 is 1. The van der Waals surface area contributed by atoms with Crippen LogP contribution >= 0.6 is 0 Å². The van der Waals surface area contributed by atoms with Crippen molar-refractivity contribution in [3.63, 3.8) is 0 Å². The average Bonchev–Trinajstić information content (AvgIpc) is 3.32. The summed E-state index contributed by atoms with van der Waals surface area (Å²) >= 11 is 0. The van der Waals surface area contributed by atoms with E-state index in [1.807, 2.05) is 29.2 Å². The number of fused-ring (bicyclic) bond motifs is 1. The van der Waals surface area contributed by atoms with E-state index in [1.165, 1.54) is 0 Å². The summed E-state index contributed by atoms with van der Waals surface area (Å²) in [5.41, 5.74) is 11.9. The molecule has 2 fully saturated rings. The van der Waals surface area contributed by atoms with Crippen molar-refractivity contribution in [2.45, 2.75) is 25.8 Å². The third kappa shape index (κ3) is 4.21. The highest BCUT2D eigenvalue weighted by molar-refractivity contribution is 6.03. The number of anilines is 2. The van der Waals surface area contributed by atoms with E-state index in [-0.39, 0.29) is 11.9 Å². The molecule has 1 amide bonds. The smallest absolute Gasteiger partial charge is 0.254 e. The molecule has 2 N–H and O–H groups in total. The van der Waals surface area contributed by atoms with Crippen LogP contribution < -0.4 is 10.6 Å². The van der Waals surface area contributed by atoms with Gasteiger partial charge in [0.1, 0.15) is 5.82 Å². The number of carbonyl (C=O) groups excluding carboxylic acids is 1. The maximum absolute atomic E-state index is 13.7. The second-order valence-electron chi connectivity index (χ2n) is 9.15. The number of pyridine rings is 1. The fourth-order valence-electron chi connectivity index (χ4n) is 5.25. The molecule has 0 saturated carbocycles. The lowest BCUT2D eigenvalue weighted by molar-refractivity contribution is 0.0631. The summed E-state index contributed by atoms with van der Waals surface area (Å²) in [6.45, 7) is 6.37. The number of likely N-dealkylation sites (tertiary alicyclic amines) is 1. The average molecular weight is 461 g/mol. The van der Waals surface area contributed by atoms with Gasteiger partial charge in [0.25, 0.3) is 5.91 Å². The molecule has 0 radical (unpaired) electrons. The van der Waals surface area contributed by atoms with Gasteiger partial charge in [-0.1, -0.05) is 18.2 Å². The molecule has 7 nitrogen and oxygen atoms in total. The Hall–Kier alpha value is -3.16. The van der Waals surface area contributed by atoms with E-state index in [0.29, 0.717) is 25.6 Å². The molecule has 2 aromatic carbocycles. The Labute approximate surface area is 200 Å². The summed E-state index contributed by atoms with van der Waals surface area (Å²) in [6.07, 6.45) is 1.99. The quantitative estimate of drug-likeness (QED) is 0.622. The van der Waals surface area contributed by atoms with Crippen LogP contribution in [-0.4, -0.2) is 68.4 Å². The number of nitrogen functional groups attached to an aromatic ring is 1. The van der Waals surface area contributed by atoms with Gasteiger partial charge in [-0.15, -0.1) is 0 Å². The molecule has 1 atom stereocenters. The second-order valence-corrected chi connectivity index (χ2v) is 9.15. The summed E-state index contributed by atoms with van der Waals surface area (Å²) < 4.78 is 10.9. The first-order valence-corrected chi connectivity index (χ1v) is 12.0. The molecule has 3 heterocycles. The van der Waals surface area contributed by atoms with Gasteiger partial charge in [0.15, 0.2) is 0 Å². The van der Waals surface area contributed by atoms with Gasteiger partial charge in [0.2, 0.25) is 0 Å². The van der Waals surface area contributed by atoms with E-state index in [9.17, 15) is 4.79 Å². The van der Waals surface area contributed by atoms with E-state index < -0.39 is 0 Å². The molecule has 7 heteroatoms. The minimum Gasteiger partial charge on any atom is -0.383 e. The van der Waals surface area contributed by atoms with Crippen molar-refractivity contribution < 1.29 is 14.3 Å². The Balaban J connectivity index is 1.55. The fourth-order valence-corrected chi connectivity index (χ4v) is 5.25. The number of aryl methyl sites for hydroxylation is 1. The van der Waals surface area contributed by atoms with E-state index in [2.05, 4.69) is 35.0 Å². The summed E-state index contributed by atoms with van der Waals surface area (Å²) in [7, 11) is 1.69. The van der Waals surface area contributed by atoms with Crippen molar-refractivity contribution in [2.75, 3.05) is 57.2 Å². The van der Waals surface area contributed by atoms with E-state index >= 15 is 0 Å². The van der Waals surface area contributed by atoms with Crippen LogP contribution in [0.25, 0.3) is 22.0 Å². The van der Waals surface area contributed by atoms with Crippen LogP contribution in [0.2, 0.25) is 0 Å². The minimum atomic E-state index is 0.0720. The molecule has 0 bridgehead atoms. The zero-order valence-electron chi connectivity index (χ0n) is 19.9. The van der Waals surface area contributed by atoms with Gasteiger partial charge in [0, 0.05) is 37.7 Å². The largest absolute Gasteiger partial charge is 0.383 e. The number of hydrogen-bond acceptors (Lipinski definition) is 6. The molecule has 5 rings (SSSR count). The molecular weight excluding hydrogens is 428 g/mol. The van der Waals surface area contributed by atoms with Crippen molar-refractivity contribution in [1.29, 1.82) is 0 Å². The first-order valence-electron chi connectivity index (χ1n) is 12.0. The lowest BCUT2D eigenvalue weighted by atomic mass is 9.93. The molecule has 2 saturated heterocycles. The normalized spacial score (nSPS) is 18.6. The zero-order valence-corrected chi connectivity index (χ0v) is 19.9. The molecule has 2 aliphatic rings. The van der Waals surface area contributed by atoms with Crippen molar-refractivity contribution in [3.05, 3.63) is 53.6 Å². The SMILES string of the molecule is COCC1CCCN1C(=O)c1cccc(C)c1-c1ccc2nc(N)c(N3CCOCC3)cc2c1. The van der Waals surface area contributed by atoms with E-state index in [1.54, 1.807) is 7.11 Å². The molecule has 34 heavy (non-hydrogen) atoms. The Morgan fingerprint density at radius 3 is 2.79 bits per heavy atom. The predicted octanol–water partition coefficient (Wildman–Crippen LogP) is 3.88. The maximum atomic E-state index is 13.7. The van der Waals surface area contributed by atoms with Gasteiger partial charge >= 0.3 is 0 Å². The lowest BCUT2D eigenvalue weighted by Crippen LogP contribution is -2.38. The number of amides is 1. The standard InChI is InChI=1S/C27H32N4O3/c1-18-5-3-7-22(27(32)31-10-4-6-21(31)17-33-2)25(18)19-8-9-23-20(15-19)16-24(26(28)29-23)30-11-13-34-14-12-30/h3,5,7-9,15-16,21H,4,6,10-14,17H2,1-2H3,(H2,28,29). The van der Waals surface area contributed by atoms with Gasteiger partial charge in [-0.05, 0) is 60.7 Å². The van der Waals surface area contributed by atoms with Crippen LogP contribution in [0.1, 0.15) is 28.8 Å².